The van der Waals surface area contributed by atoms with E-state index in [1.807, 2.05) is 6.07 Å². The van der Waals surface area contributed by atoms with Crippen molar-refractivity contribution in [3.63, 3.8) is 0 Å². The lowest BCUT2D eigenvalue weighted by molar-refractivity contribution is 0.243. The molecule has 0 spiro atoms. The van der Waals surface area contributed by atoms with Gasteiger partial charge in [-0.1, -0.05) is 56.8 Å². The van der Waals surface area contributed by atoms with Gasteiger partial charge in [0.2, 0.25) is 0 Å². The lowest BCUT2D eigenvalue weighted by Gasteiger charge is -2.37. The quantitative estimate of drug-likeness (QED) is 0.508. The molecule has 0 bridgehead atoms. The van der Waals surface area contributed by atoms with Crippen LogP contribution in [0.25, 0.3) is 0 Å². The Balaban J connectivity index is 2.50. The molecular formula is C16H26OSSi. The predicted molar refractivity (Wildman–Crippen MR) is 89.2 cm³/mol. The molecular weight excluding hydrogens is 268 g/mol. The van der Waals surface area contributed by atoms with Crippen molar-refractivity contribution >= 4 is 20.1 Å². The molecule has 0 N–H and O–H groups in total. The molecule has 0 saturated heterocycles. The Morgan fingerprint density at radius 3 is 2.26 bits per heavy atom. The zero-order valence-electron chi connectivity index (χ0n) is 12.9. The van der Waals surface area contributed by atoms with Crippen LogP contribution in [-0.4, -0.2) is 14.4 Å². The number of hydrogen-bond acceptors (Lipinski definition) is 2. The molecule has 0 radical (unpaired) electrons. The second-order valence-corrected chi connectivity index (χ2v) is 12.1. The Hall–Kier alpha value is -0.513. The molecule has 0 fully saturated rings. The minimum absolute atomic E-state index is 0.178. The molecule has 0 aliphatic carbocycles. The van der Waals surface area contributed by atoms with E-state index in [0.717, 1.165) is 0 Å². The van der Waals surface area contributed by atoms with E-state index in [9.17, 15) is 0 Å². The first-order valence-corrected chi connectivity index (χ1v) is 10.6. The van der Waals surface area contributed by atoms with Crippen molar-refractivity contribution in [2.24, 2.45) is 0 Å². The van der Waals surface area contributed by atoms with Gasteiger partial charge in [-0.05, 0) is 42.6 Å². The first kappa shape index (κ1) is 16.5. The maximum atomic E-state index is 6.28. The minimum atomic E-state index is -1.66. The normalized spacial score (nSPS) is 14.8. The van der Waals surface area contributed by atoms with Crippen molar-refractivity contribution in [2.45, 2.75) is 56.8 Å². The molecule has 1 aromatic rings. The summed E-state index contributed by atoms with van der Waals surface area (Å²) in [6, 6.07) is 10.4. The lowest BCUT2D eigenvalue weighted by atomic mass is 10.2. The van der Waals surface area contributed by atoms with Gasteiger partial charge in [-0.2, -0.15) is 0 Å². The fourth-order valence-corrected chi connectivity index (χ4v) is 3.54. The van der Waals surface area contributed by atoms with Crippen LogP contribution in [0.15, 0.2) is 46.7 Å². The van der Waals surface area contributed by atoms with Crippen LogP contribution in [0.4, 0.5) is 0 Å². The highest BCUT2D eigenvalue weighted by molar-refractivity contribution is 8.02. The average molecular weight is 295 g/mol. The largest absolute Gasteiger partial charge is 0.411 e. The average Bonchev–Trinajstić information content (AvgIpc) is 2.28. The highest BCUT2D eigenvalue weighted by Crippen LogP contribution is 2.37. The molecule has 106 valence electrons. The van der Waals surface area contributed by atoms with E-state index in [1.54, 1.807) is 11.8 Å². The third-order valence-corrected chi connectivity index (χ3v) is 8.99. The van der Waals surface area contributed by atoms with Crippen molar-refractivity contribution in [1.29, 1.82) is 0 Å². The zero-order chi connectivity index (χ0) is 14.5. The summed E-state index contributed by atoms with van der Waals surface area (Å²) in [5, 5.41) is 2.40. The van der Waals surface area contributed by atoms with Crippen LogP contribution in [0.5, 0.6) is 0 Å². The maximum Gasteiger partial charge on any atom is 0.192 e. The Morgan fingerprint density at radius 1 is 1.16 bits per heavy atom. The van der Waals surface area contributed by atoms with Crippen molar-refractivity contribution < 1.29 is 4.43 Å². The predicted octanol–water partition coefficient (Wildman–Crippen LogP) is 5.70. The van der Waals surface area contributed by atoms with Gasteiger partial charge in [0, 0.05) is 4.90 Å². The second-order valence-electron chi connectivity index (χ2n) is 6.34. The maximum absolute atomic E-state index is 6.28. The third-order valence-electron chi connectivity index (χ3n) is 3.58. The van der Waals surface area contributed by atoms with E-state index in [0.29, 0.717) is 0 Å². The second kappa shape index (κ2) is 6.78. The molecule has 0 aliphatic rings. The molecule has 1 nitrogen and oxygen atoms in total. The van der Waals surface area contributed by atoms with Gasteiger partial charge in [0.25, 0.3) is 0 Å². The van der Waals surface area contributed by atoms with Gasteiger partial charge >= 0.3 is 0 Å². The van der Waals surface area contributed by atoms with Crippen LogP contribution in [0, 0.1) is 0 Å². The topological polar surface area (TPSA) is 9.23 Å². The summed E-state index contributed by atoms with van der Waals surface area (Å²) in [4.78, 5) is 1.26. The minimum Gasteiger partial charge on any atom is -0.411 e. The standard InChI is InChI=1S/C16H26OSSi/c1-14(17-19(5,6)16(2,3)4)12-13-18-15-10-8-7-9-11-15/h7-14H,1-6H3/b13-12-/t14-/m1/s1. The molecule has 19 heavy (non-hydrogen) atoms. The first-order valence-electron chi connectivity index (χ1n) is 6.78. The number of hydrogen-bond donors (Lipinski definition) is 0. The summed E-state index contributed by atoms with van der Waals surface area (Å²) in [5.74, 6) is 0. The molecule has 0 unspecified atom stereocenters. The van der Waals surface area contributed by atoms with Crippen molar-refractivity contribution in [1.82, 2.24) is 0 Å². The molecule has 0 saturated carbocycles. The fourth-order valence-electron chi connectivity index (χ4n) is 1.41. The van der Waals surface area contributed by atoms with E-state index >= 15 is 0 Å². The Morgan fingerprint density at radius 2 is 1.74 bits per heavy atom. The first-order chi connectivity index (χ1) is 8.72. The molecule has 1 atom stereocenters. The highest BCUT2D eigenvalue weighted by Gasteiger charge is 2.37. The third kappa shape index (κ3) is 5.55. The van der Waals surface area contributed by atoms with Crippen molar-refractivity contribution in [2.75, 3.05) is 0 Å². The van der Waals surface area contributed by atoms with Gasteiger partial charge in [0.05, 0.1) is 6.10 Å². The molecule has 3 heteroatoms. The van der Waals surface area contributed by atoms with Gasteiger partial charge < -0.3 is 4.43 Å². The summed E-state index contributed by atoms with van der Waals surface area (Å²) < 4.78 is 6.28. The van der Waals surface area contributed by atoms with Gasteiger partial charge in [-0.15, -0.1) is 0 Å². The summed E-state index contributed by atoms with van der Waals surface area (Å²) in [7, 11) is -1.66. The van der Waals surface area contributed by atoms with E-state index in [2.05, 4.69) is 76.5 Å². The van der Waals surface area contributed by atoms with Crippen LogP contribution in [0.1, 0.15) is 27.7 Å². The van der Waals surface area contributed by atoms with Crippen LogP contribution < -0.4 is 0 Å². The Labute approximate surface area is 123 Å². The van der Waals surface area contributed by atoms with Gasteiger partial charge in [-0.25, -0.2) is 0 Å². The Bertz CT molecular complexity index is 407. The molecule has 0 amide bonds. The fraction of sp³-hybridized carbons (Fsp3) is 0.500. The molecule has 0 heterocycles. The van der Waals surface area contributed by atoms with Crippen LogP contribution in [0.2, 0.25) is 18.1 Å². The molecule has 1 rings (SSSR count). The summed E-state index contributed by atoms with van der Waals surface area (Å²) in [5.41, 5.74) is 0. The SMILES string of the molecule is C[C@H](/C=C\Sc1ccccc1)O[Si](C)(C)C(C)(C)C. The number of benzene rings is 1. The van der Waals surface area contributed by atoms with E-state index < -0.39 is 8.32 Å². The highest BCUT2D eigenvalue weighted by atomic mass is 32.2. The zero-order valence-corrected chi connectivity index (χ0v) is 14.8. The summed E-state index contributed by atoms with van der Waals surface area (Å²) >= 11 is 1.74. The summed E-state index contributed by atoms with van der Waals surface area (Å²) in [6.07, 6.45) is 2.33. The molecule has 0 aromatic heterocycles. The molecule has 1 aromatic carbocycles. The number of thioether (sulfide) groups is 1. The van der Waals surface area contributed by atoms with Gasteiger partial charge in [-0.3, -0.25) is 0 Å². The van der Waals surface area contributed by atoms with Crippen LogP contribution >= 0.6 is 11.8 Å². The van der Waals surface area contributed by atoms with Crippen molar-refractivity contribution in [3.8, 4) is 0 Å². The van der Waals surface area contributed by atoms with Gasteiger partial charge in [0.1, 0.15) is 0 Å². The summed E-state index contributed by atoms with van der Waals surface area (Å²) in [6.45, 7) is 13.5. The van der Waals surface area contributed by atoms with E-state index in [1.165, 1.54) is 4.90 Å². The van der Waals surface area contributed by atoms with E-state index in [-0.39, 0.29) is 11.1 Å². The number of rotatable bonds is 5. The van der Waals surface area contributed by atoms with Crippen molar-refractivity contribution in [3.05, 3.63) is 41.8 Å². The molecule has 0 aliphatic heterocycles. The van der Waals surface area contributed by atoms with Crippen LogP contribution in [-0.2, 0) is 4.43 Å². The van der Waals surface area contributed by atoms with E-state index in [4.69, 9.17) is 4.43 Å². The van der Waals surface area contributed by atoms with Gasteiger partial charge in [0.15, 0.2) is 8.32 Å². The smallest absolute Gasteiger partial charge is 0.192 e. The monoisotopic (exact) mass is 294 g/mol. The lowest BCUT2D eigenvalue weighted by Crippen LogP contribution is -2.42. The van der Waals surface area contributed by atoms with Crippen LogP contribution in [0.3, 0.4) is 0 Å². The Kier molecular flexibility index (Phi) is 5.90.